The van der Waals surface area contributed by atoms with Crippen LogP contribution in [0.5, 0.6) is 0 Å². The molecule has 3 rings (SSSR count). The lowest BCUT2D eigenvalue weighted by Gasteiger charge is -2.36. The molecule has 4 nitrogen and oxygen atoms in total. The number of hydrogen-bond acceptors (Lipinski definition) is 3. The van der Waals surface area contributed by atoms with Crippen molar-refractivity contribution in [1.82, 2.24) is 4.90 Å². The summed E-state index contributed by atoms with van der Waals surface area (Å²) in [6, 6.07) is 7.25. The lowest BCUT2D eigenvalue weighted by molar-refractivity contribution is -0.143. The van der Waals surface area contributed by atoms with Crippen LogP contribution in [0.4, 0.5) is 0 Å². The van der Waals surface area contributed by atoms with Crippen LogP contribution in [-0.4, -0.2) is 47.3 Å². The van der Waals surface area contributed by atoms with Gasteiger partial charge in [-0.3, -0.25) is 4.79 Å². The monoisotopic (exact) mass is 333 g/mol. The lowest BCUT2D eigenvalue weighted by Crippen LogP contribution is -2.49. The van der Waals surface area contributed by atoms with E-state index in [1.54, 1.807) is 17.0 Å². The molecule has 1 N–H and O–H groups in total. The number of nitrogens with zero attached hydrogens (tertiary/aromatic N) is 1. The Morgan fingerprint density at radius 2 is 2.17 bits per heavy atom. The second-order valence-corrected chi connectivity index (χ2v) is 6.56. The van der Waals surface area contributed by atoms with Crippen molar-refractivity contribution in [2.75, 3.05) is 19.7 Å². The summed E-state index contributed by atoms with van der Waals surface area (Å²) in [6.45, 7) is 1.69. The molecule has 2 heterocycles. The van der Waals surface area contributed by atoms with Crippen LogP contribution in [0.25, 0.3) is 0 Å². The minimum absolute atomic E-state index is 0.0485. The van der Waals surface area contributed by atoms with Crippen molar-refractivity contribution in [1.29, 1.82) is 0 Å². The number of halogens is 1. The van der Waals surface area contributed by atoms with Gasteiger partial charge in [-0.2, -0.15) is 0 Å². The molecule has 0 aliphatic carbocycles. The third-order valence-electron chi connectivity index (χ3n) is 4.37. The second kappa shape index (κ2) is 6.92. The van der Waals surface area contributed by atoms with Crippen molar-refractivity contribution in [2.45, 2.75) is 37.4 Å². The van der Waals surface area contributed by atoms with Crippen LogP contribution >= 0.6 is 11.6 Å². The van der Waals surface area contributed by atoms with Crippen LogP contribution in [0.3, 0.4) is 0 Å². The van der Waals surface area contributed by atoms with Gasteiger partial charge in [0.05, 0.1) is 0 Å². The number of aliphatic hydroxyl groups is 1. The van der Waals surface area contributed by atoms with Crippen LogP contribution in [0.1, 0.15) is 31.2 Å². The van der Waals surface area contributed by atoms with Crippen molar-refractivity contribution < 1.29 is 14.6 Å². The zero-order valence-electron chi connectivity index (χ0n) is 12.9. The first-order valence-corrected chi connectivity index (χ1v) is 8.35. The molecule has 2 aliphatic heterocycles. The SMILES string of the molecule is O=C([C@@H]1CCCO1)N1CCC(O)(C#Cc2cccc(Cl)c2)CC1. The summed E-state index contributed by atoms with van der Waals surface area (Å²) in [5.74, 6) is 5.98. The van der Waals surface area contributed by atoms with Crippen molar-refractivity contribution in [3.8, 4) is 11.8 Å². The Morgan fingerprint density at radius 3 is 2.83 bits per heavy atom. The van der Waals surface area contributed by atoms with Gasteiger partial charge in [-0.05, 0) is 31.0 Å². The molecule has 1 amide bonds. The molecular weight excluding hydrogens is 314 g/mol. The molecule has 0 bridgehead atoms. The first-order chi connectivity index (χ1) is 11.1. The Bertz CT molecular complexity index is 635. The summed E-state index contributed by atoms with van der Waals surface area (Å²) < 4.78 is 5.44. The Morgan fingerprint density at radius 1 is 1.39 bits per heavy atom. The number of hydrogen-bond donors (Lipinski definition) is 1. The highest BCUT2D eigenvalue weighted by Gasteiger charge is 2.35. The summed E-state index contributed by atoms with van der Waals surface area (Å²) in [6.07, 6.45) is 2.37. The predicted molar refractivity (Wildman–Crippen MR) is 88.1 cm³/mol. The van der Waals surface area contributed by atoms with E-state index in [0.717, 1.165) is 18.4 Å². The quantitative estimate of drug-likeness (QED) is 0.802. The van der Waals surface area contributed by atoms with Gasteiger partial charge in [0, 0.05) is 43.1 Å². The molecule has 0 aromatic heterocycles. The lowest BCUT2D eigenvalue weighted by atomic mass is 9.91. The number of benzene rings is 1. The summed E-state index contributed by atoms with van der Waals surface area (Å²) in [5, 5.41) is 11.2. The van der Waals surface area contributed by atoms with E-state index in [-0.39, 0.29) is 12.0 Å². The van der Waals surface area contributed by atoms with Gasteiger partial charge in [-0.1, -0.05) is 29.5 Å². The van der Waals surface area contributed by atoms with E-state index in [9.17, 15) is 9.90 Å². The van der Waals surface area contributed by atoms with Gasteiger partial charge in [-0.25, -0.2) is 0 Å². The minimum atomic E-state index is -1.05. The van der Waals surface area contributed by atoms with Gasteiger partial charge in [0.15, 0.2) is 0 Å². The zero-order valence-corrected chi connectivity index (χ0v) is 13.7. The summed E-state index contributed by atoms with van der Waals surface area (Å²) in [4.78, 5) is 14.1. The Hall–Kier alpha value is -1.54. The fraction of sp³-hybridized carbons (Fsp3) is 0.500. The number of carbonyl (C=O) groups excluding carboxylic acids is 1. The molecule has 2 fully saturated rings. The number of amides is 1. The summed E-state index contributed by atoms with van der Waals surface area (Å²) >= 11 is 5.93. The molecule has 0 unspecified atom stereocenters. The Kier molecular flexibility index (Phi) is 4.91. The first kappa shape index (κ1) is 16.3. The third kappa shape index (κ3) is 4.06. The van der Waals surface area contributed by atoms with Crippen molar-refractivity contribution in [3.63, 3.8) is 0 Å². The van der Waals surface area contributed by atoms with Crippen LogP contribution in [0.2, 0.25) is 5.02 Å². The average Bonchev–Trinajstić information content (AvgIpc) is 3.08. The van der Waals surface area contributed by atoms with Gasteiger partial charge < -0.3 is 14.7 Å². The van der Waals surface area contributed by atoms with Crippen LogP contribution in [0.15, 0.2) is 24.3 Å². The molecule has 2 aliphatic rings. The molecule has 5 heteroatoms. The standard InChI is InChI=1S/C18H20ClNO3/c19-15-4-1-3-14(13-15)6-7-18(22)8-10-20(11-9-18)17(21)16-5-2-12-23-16/h1,3-4,13,16,22H,2,5,8-12H2/t16-/m0/s1. The van der Waals surface area contributed by atoms with Crippen molar-refractivity contribution >= 4 is 17.5 Å². The topological polar surface area (TPSA) is 49.8 Å². The van der Waals surface area contributed by atoms with Gasteiger partial charge in [-0.15, -0.1) is 0 Å². The molecule has 0 spiro atoms. The van der Waals surface area contributed by atoms with Crippen molar-refractivity contribution in [2.24, 2.45) is 0 Å². The predicted octanol–water partition coefficient (Wildman–Crippen LogP) is 2.22. The zero-order chi connectivity index (χ0) is 16.3. The van der Waals surface area contributed by atoms with Crippen LogP contribution in [-0.2, 0) is 9.53 Å². The van der Waals surface area contributed by atoms with E-state index < -0.39 is 5.60 Å². The smallest absolute Gasteiger partial charge is 0.251 e. The minimum Gasteiger partial charge on any atom is -0.377 e. The highest BCUT2D eigenvalue weighted by atomic mass is 35.5. The number of rotatable bonds is 1. The number of piperidine rings is 1. The molecule has 2 saturated heterocycles. The first-order valence-electron chi connectivity index (χ1n) is 7.97. The van der Waals surface area contributed by atoms with Gasteiger partial charge >= 0.3 is 0 Å². The molecule has 0 radical (unpaired) electrons. The van der Waals surface area contributed by atoms with E-state index in [1.807, 2.05) is 12.1 Å². The molecule has 23 heavy (non-hydrogen) atoms. The fourth-order valence-electron chi connectivity index (χ4n) is 2.95. The van der Waals surface area contributed by atoms with Gasteiger partial charge in [0.1, 0.15) is 11.7 Å². The highest BCUT2D eigenvalue weighted by molar-refractivity contribution is 6.30. The maximum atomic E-state index is 12.3. The molecule has 1 atom stereocenters. The normalized spacial score (nSPS) is 23.2. The second-order valence-electron chi connectivity index (χ2n) is 6.12. The largest absolute Gasteiger partial charge is 0.377 e. The Balaban J connectivity index is 1.60. The number of carbonyl (C=O) groups is 1. The van der Waals surface area contributed by atoms with Crippen LogP contribution in [0, 0.1) is 11.8 Å². The number of ether oxygens (including phenoxy) is 1. The maximum absolute atomic E-state index is 12.3. The molecule has 0 saturated carbocycles. The van der Waals surface area contributed by atoms with E-state index in [0.29, 0.717) is 37.6 Å². The molecule has 122 valence electrons. The summed E-state index contributed by atoms with van der Waals surface area (Å²) in [7, 11) is 0. The third-order valence-corrected chi connectivity index (χ3v) is 4.61. The number of likely N-dealkylation sites (tertiary alicyclic amines) is 1. The van der Waals surface area contributed by atoms with Gasteiger partial charge in [0.2, 0.25) is 0 Å². The molecule has 1 aromatic carbocycles. The fourth-order valence-corrected chi connectivity index (χ4v) is 3.14. The van der Waals surface area contributed by atoms with E-state index >= 15 is 0 Å². The Labute approximate surface area is 141 Å². The van der Waals surface area contributed by atoms with E-state index in [2.05, 4.69) is 11.8 Å². The van der Waals surface area contributed by atoms with Crippen molar-refractivity contribution in [3.05, 3.63) is 34.9 Å². The highest BCUT2D eigenvalue weighted by Crippen LogP contribution is 2.24. The average molecular weight is 334 g/mol. The van der Waals surface area contributed by atoms with E-state index in [1.165, 1.54) is 0 Å². The maximum Gasteiger partial charge on any atom is 0.251 e. The van der Waals surface area contributed by atoms with Gasteiger partial charge in [0.25, 0.3) is 5.91 Å². The molecular formula is C18H20ClNO3. The van der Waals surface area contributed by atoms with E-state index in [4.69, 9.17) is 16.3 Å². The van der Waals surface area contributed by atoms with Crippen LogP contribution < -0.4 is 0 Å². The summed E-state index contributed by atoms with van der Waals surface area (Å²) in [5.41, 5.74) is -0.265. The molecule has 1 aromatic rings.